The second kappa shape index (κ2) is 7.64. The Morgan fingerprint density at radius 2 is 1.91 bits per heavy atom. The SMILES string of the molecule is C[C@H]1C2C[C@@]3(O[C@H](c4cccs4)N=C3C[C@@H]1c1ccccc1)N(Cc1ccncc1)C2=O. The number of pyridine rings is 1. The minimum absolute atomic E-state index is 0.0863. The molecule has 162 valence electrons. The van der Waals surface area contributed by atoms with Gasteiger partial charge in [-0.15, -0.1) is 11.3 Å². The predicted molar refractivity (Wildman–Crippen MR) is 124 cm³/mol. The van der Waals surface area contributed by atoms with Crippen molar-refractivity contribution in [2.75, 3.05) is 0 Å². The topological polar surface area (TPSA) is 54.8 Å². The number of nitrogens with zero attached hydrogens (tertiary/aromatic N) is 3. The van der Waals surface area contributed by atoms with Crippen LogP contribution < -0.4 is 0 Å². The predicted octanol–water partition coefficient (Wildman–Crippen LogP) is 5.18. The number of ether oxygens (including phenoxy) is 1. The molecule has 3 aliphatic rings. The fraction of sp³-hybridized carbons (Fsp3) is 0.346. The van der Waals surface area contributed by atoms with Gasteiger partial charge in [0.25, 0.3) is 0 Å². The Labute approximate surface area is 191 Å². The summed E-state index contributed by atoms with van der Waals surface area (Å²) in [6, 6.07) is 18.6. The number of aliphatic imine (C=N–C) groups is 1. The van der Waals surface area contributed by atoms with Crippen molar-refractivity contribution in [2.24, 2.45) is 16.8 Å². The van der Waals surface area contributed by atoms with Crippen LogP contribution in [0.15, 0.2) is 77.4 Å². The highest BCUT2D eigenvalue weighted by Crippen LogP contribution is 2.54. The van der Waals surface area contributed by atoms with E-state index in [9.17, 15) is 4.79 Å². The molecule has 2 aromatic heterocycles. The molecule has 2 fully saturated rings. The molecule has 5 atom stereocenters. The van der Waals surface area contributed by atoms with Gasteiger partial charge in [0.1, 0.15) is 0 Å². The molecule has 1 amide bonds. The maximum Gasteiger partial charge on any atom is 0.229 e. The molecule has 1 saturated heterocycles. The Morgan fingerprint density at radius 1 is 1.09 bits per heavy atom. The lowest BCUT2D eigenvalue weighted by molar-refractivity contribution is -0.150. The summed E-state index contributed by atoms with van der Waals surface area (Å²) in [6.07, 6.45) is 4.69. The maximum absolute atomic E-state index is 13.8. The number of aromatic nitrogens is 1. The van der Waals surface area contributed by atoms with E-state index in [0.717, 1.165) is 22.6 Å². The molecule has 1 unspecified atom stereocenters. The number of amides is 1. The summed E-state index contributed by atoms with van der Waals surface area (Å²) in [5, 5.41) is 2.05. The van der Waals surface area contributed by atoms with Crippen molar-refractivity contribution in [1.29, 1.82) is 0 Å². The molecule has 4 heterocycles. The summed E-state index contributed by atoms with van der Waals surface area (Å²) in [5.41, 5.74) is 2.58. The fourth-order valence-electron chi connectivity index (χ4n) is 5.63. The summed E-state index contributed by atoms with van der Waals surface area (Å²) in [4.78, 5) is 26.1. The molecule has 0 N–H and O–H groups in total. The van der Waals surface area contributed by atoms with Crippen LogP contribution in [0.4, 0.5) is 0 Å². The van der Waals surface area contributed by atoms with Gasteiger partial charge in [-0.05, 0) is 53.0 Å². The summed E-state index contributed by atoms with van der Waals surface area (Å²) >= 11 is 1.65. The van der Waals surface area contributed by atoms with Gasteiger partial charge in [-0.1, -0.05) is 43.3 Å². The minimum atomic E-state index is -0.766. The summed E-state index contributed by atoms with van der Waals surface area (Å²) in [6.45, 7) is 2.74. The van der Waals surface area contributed by atoms with E-state index in [0.29, 0.717) is 13.0 Å². The van der Waals surface area contributed by atoms with E-state index in [-0.39, 0.29) is 29.9 Å². The van der Waals surface area contributed by atoms with Gasteiger partial charge in [-0.25, -0.2) is 0 Å². The third-order valence-corrected chi connectivity index (χ3v) is 8.24. The van der Waals surface area contributed by atoms with Crippen LogP contribution in [0.3, 0.4) is 0 Å². The van der Waals surface area contributed by atoms with E-state index in [1.807, 2.05) is 29.2 Å². The zero-order valence-corrected chi connectivity index (χ0v) is 18.7. The van der Waals surface area contributed by atoms with Gasteiger partial charge in [-0.2, -0.15) is 0 Å². The molecule has 1 aromatic carbocycles. The first-order chi connectivity index (χ1) is 15.7. The number of carbonyl (C=O) groups is 1. The lowest BCUT2D eigenvalue weighted by atomic mass is 9.78. The van der Waals surface area contributed by atoms with Crippen LogP contribution >= 0.6 is 11.3 Å². The molecule has 3 aromatic rings. The highest BCUT2D eigenvalue weighted by atomic mass is 32.1. The number of fused-ring (bicyclic) bond motifs is 1. The number of hydrogen-bond acceptors (Lipinski definition) is 5. The fourth-order valence-corrected chi connectivity index (χ4v) is 6.32. The third-order valence-electron chi connectivity index (χ3n) is 7.33. The van der Waals surface area contributed by atoms with Gasteiger partial charge in [0.2, 0.25) is 5.91 Å². The molecule has 2 bridgehead atoms. The first kappa shape index (κ1) is 19.8. The molecule has 0 radical (unpaired) electrons. The number of thiophene rings is 1. The molecule has 6 rings (SSSR count). The van der Waals surface area contributed by atoms with Gasteiger partial charge in [0.15, 0.2) is 12.0 Å². The summed E-state index contributed by atoms with van der Waals surface area (Å²) < 4.78 is 6.75. The van der Waals surface area contributed by atoms with Crippen molar-refractivity contribution in [2.45, 2.75) is 44.2 Å². The summed E-state index contributed by atoms with van der Waals surface area (Å²) in [7, 11) is 0. The van der Waals surface area contributed by atoms with Crippen molar-refractivity contribution in [3.63, 3.8) is 0 Å². The average Bonchev–Trinajstić information content (AvgIpc) is 3.52. The van der Waals surface area contributed by atoms with Crippen molar-refractivity contribution in [3.8, 4) is 0 Å². The molecule has 32 heavy (non-hydrogen) atoms. The molecule has 1 spiro atoms. The van der Waals surface area contributed by atoms with Crippen molar-refractivity contribution < 1.29 is 9.53 Å². The van der Waals surface area contributed by atoms with Crippen LogP contribution in [0.1, 0.15) is 47.9 Å². The van der Waals surface area contributed by atoms with E-state index in [1.165, 1.54) is 5.56 Å². The van der Waals surface area contributed by atoms with Crippen molar-refractivity contribution >= 4 is 23.0 Å². The molecule has 1 aliphatic carbocycles. The van der Waals surface area contributed by atoms with Crippen LogP contribution in [0.2, 0.25) is 0 Å². The smallest absolute Gasteiger partial charge is 0.229 e. The summed E-state index contributed by atoms with van der Waals surface area (Å²) in [5.74, 6) is 0.548. The molecule has 5 nitrogen and oxygen atoms in total. The van der Waals surface area contributed by atoms with E-state index >= 15 is 0 Å². The molecule has 2 aliphatic heterocycles. The maximum atomic E-state index is 13.8. The number of hydrogen-bond donors (Lipinski definition) is 0. The second-order valence-corrected chi connectivity index (χ2v) is 10.00. The van der Waals surface area contributed by atoms with Crippen LogP contribution in [-0.2, 0) is 16.1 Å². The first-order valence-corrected chi connectivity index (χ1v) is 12.1. The number of rotatable bonds is 4. The van der Waals surface area contributed by atoms with Crippen LogP contribution in [0.5, 0.6) is 0 Å². The number of carbonyl (C=O) groups excluding carboxylic acids is 1. The highest BCUT2D eigenvalue weighted by molar-refractivity contribution is 7.10. The molecule has 1 saturated carbocycles. The van der Waals surface area contributed by atoms with Gasteiger partial charge in [0, 0.05) is 31.3 Å². The molecular weight excluding hydrogens is 418 g/mol. The minimum Gasteiger partial charge on any atom is -0.320 e. The zero-order chi connectivity index (χ0) is 21.7. The monoisotopic (exact) mass is 443 g/mol. The van der Waals surface area contributed by atoms with E-state index < -0.39 is 5.72 Å². The van der Waals surface area contributed by atoms with Crippen LogP contribution in [0, 0.1) is 11.8 Å². The van der Waals surface area contributed by atoms with Gasteiger partial charge in [-0.3, -0.25) is 14.8 Å². The van der Waals surface area contributed by atoms with E-state index in [4.69, 9.17) is 9.73 Å². The van der Waals surface area contributed by atoms with Crippen LogP contribution in [-0.4, -0.2) is 27.2 Å². The Bertz CT molecular complexity index is 1150. The Morgan fingerprint density at radius 3 is 2.66 bits per heavy atom. The first-order valence-electron chi connectivity index (χ1n) is 11.2. The number of likely N-dealkylation sites (tertiary alicyclic amines) is 1. The average molecular weight is 444 g/mol. The zero-order valence-electron chi connectivity index (χ0n) is 17.9. The number of benzene rings is 1. The quantitative estimate of drug-likeness (QED) is 0.558. The second-order valence-electron chi connectivity index (χ2n) is 9.02. The molecule has 6 heteroatoms. The lowest BCUT2D eigenvalue weighted by Crippen LogP contribution is -2.52. The van der Waals surface area contributed by atoms with Gasteiger partial charge in [0.05, 0.1) is 10.6 Å². The van der Waals surface area contributed by atoms with Crippen molar-refractivity contribution in [1.82, 2.24) is 9.88 Å². The van der Waals surface area contributed by atoms with Gasteiger partial charge >= 0.3 is 0 Å². The third kappa shape index (κ3) is 3.05. The molecular formula is C26H25N3O2S. The standard InChI is InChI=1S/C26H25N3O2S/c1-17-20(19-6-3-2-4-7-19)14-23-26(31-24(28-23)22-8-5-13-32-22)15-21(17)25(30)29(26)16-18-9-11-27-12-10-18/h2-13,17,20-21,24H,14-16H2,1H3/t17-,20+,21?,24-,26+/m1/s1. The van der Waals surface area contributed by atoms with Crippen LogP contribution in [0.25, 0.3) is 0 Å². The highest BCUT2D eigenvalue weighted by Gasteiger charge is 2.62. The Hall–Kier alpha value is -2.83. The normalized spacial score (nSPS) is 31.3. The van der Waals surface area contributed by atoms with Crippen molar-refractivity contribution in [3.05, 3.63) is 88.4 Å². The lowest BCUT2D eigenvalue weighted by Gasteiger charge is -2.37. The largest absolute Gasteiger partial charge is 0.320 e. The Balaban J connectivity index is 1.44. The van der Waals surface area contributed by atoms with E-state index in [1.54, 1.807) is 23.7 Å². The van der Waals surface area contributed by atoms with Gasteiger partial charge < -0.3 is 9.64 Å². The van der Waals surface area contributed by atoms with E-state index in [2.05, 4.69) is 47.6 Å². The Kier molecular flexibility index (Phi) is 4.73.